The van der Waals surface area contributed by atoms with E-state index in [2.05, 4.69) is 20.9 Å². The van der Waals surface area contributed by atoms with Crippen LogP contribution < -0.4 is 0 Å². The Balaban J connectivity index is 2.24. The molecule has 0 unspecified atom stereocenters. The second-order valence-electron chi connectivity index (χ2n) is 8.00. The molecule has 156 valence electrons. The van der Waals surface area contributed by atoms with E-state index in [4.69, 9.17) is 0 Å². The first-order valence-corrected chi connectivity index (χ1v) is 11.4. The Hall–Kier alpha value is -1.87. The summed E-state index contributed by atoms with van der Waals surface area (Å²) >= 11 is 3.05. The predicted molar refractivity (Wildman–Crippen MR) is 110 cm³/mol. The Morgan fingerprint density at radius 2 is 1.76 bits per heavy atom. The highest BCUT2D eigenvalue weighted by atomic mass is 79.9. The van der Waals surface area contributed by atoms with Gasteiger partial charge in [-0.1, -0.05) is 20.8 Å². The number of fused-ring (bicyclic) bond motifs is 1. The number of halogens is 4. The Kier molecular flexibility index (Phi) is 5.36. The molecule has 1 aromatic carbocycles. The number of aromatic nitrogens is 2. The van der Waals surface area contributed by atoms with Crippen LogP contribution in [-0.4, -0.2) is 24.2 Å². The molecular formula is C20H20BrF3N2O2S. The topological polar surface area (TPSA) is 52.0 Å². The maximum Gasteiger partial charge on any atom is 0.418 e. The number of hydrogen-bond acceptors (Lipinski definition) is 3. The van der Waals surface area contributed by atoms with Gasteiger partial charge < -0.3 is 4.57 Å². The van der Waals surface area contributed by atoms with Crippen LogP contribution in [0.25, 0.3) is 10.9 Å². The van der Waals surface area contributed by atoms with Crippen LogP contribution >= 0.6 is 15.9 Å². The summed E-state index contributed by atoms with van der Waals surface area (Å²) in [5.41, 5.74) is 0.159. The monoisotopic (exact) mass is 488 g/mol. The maximum atomic E-state index is 13.6. The number of sulfone groups is 1. The van der Waals surface area contributed by atoms with Crippen molar-refractivity contribution in [3.05, 3.63) is 58.0 Å². The van der Waals surface area contributed by atoms with Crippen molar-refractivity contribution in [2.24, 2.45) is 0 Å². The Morgan fingerprint density at radius 1 is 1.10 bits per heavy atom. The normalized spacial score (nSPS) is 13.2. The largest absolute Gasteiger partial charge is 0.418 e. The van der Waals surface area contributed by atoms with E-state index in [-0.39, 0.29) is 27.0 Å². The molecule has 0 radical (unpaired) electrons. The number of alkyl halides is 3. The smallest absolute Gasteiger partial charge is 0.338 e. The van der Waals surface area contributed by atoms with Crippen LogP contribution in [0.3, 0.4) is 0 Å². The van der Waals surface area contributed by atoms with Crippen molar-refractivity contribution >= 4 is 36.7 Å². The third-order valence-electron chi connectivity index (χ3n) is 4.62. The second kappa shape index (κ2) is 7.12. The maximum absolute atomic E-state index is 13.6. The fraction of sp³-hybridized carbons (Fsp3) is 0.350. The van der Waals surface area contributed by atoms with Crippen molar-refractivity contribution in [2.75, 3.05) is 6.26 Å². The fourth-order valence-corrected chi connectivity index (χ4v) is 4.25. The minimum absolute atomic E-state index is 0.0869. The van der Waals surface area contributed by atoms with E-state index < -0.39 is 21.6 Å². The first-order valence-electron chi connectivity index (χ1n) is 8.73. The molecule has 3 aromatic rings. The average molecular weight is 489 g/mol. The molecule has 9 heteroatoms. The molecule has 4 nitrogen and oxygen atoms in total. The standard InChI is InChI=1S/C20H20BrF3N2O2S/c1-19(2,3)18-8-12-7-14(29(4,27)28)5-6-17(12)26(18)11-16-15(20(22,23)24)9-13(21)10-25-16/h5-10H,11H2,1-4H3. The highest BCUT2D eigenvalue weighted by Crippen LogP contribution is 2.36. The van der Waals surface area contributed by atoms with E-state index in [1.165, 1.54) is 12.3 Å². The number of pyridine rings is 1. The Bertz CT molecular complexity index is 1190. The van der Waals surface area contributed by atoms with Crippen LogP contribution in [0.4, 0.5) is 13.2 Å². The quantitative estimate of drug-likeness (QED) is 0.484. The number of benzene rings is 1. The van der Waals surface area contributed by atoms with Crippen LogP contribution in [0.2, 0.25) is 0 Å². The van der Waals surface area contributed by atoms with E-state index in [9.17, 15) is 21.6 Å². The zero-order chi connectivity index (χ0) is 21.8. The summed E-state index contributed by atoms with van der Waals surface area (Å²) in [4.78, 5) is 4.19. The van der Waals surface area contributed by atoms with Crippen molar-refractivity contribution in [3.63, 3.8) is 0 Å². The third-order valence-corrected chi connectivity index (χ3v) is 6.16. The lowest BCUT2D eigenvalue weighted by atomic mass is 9.92. The molecule has 0 aliphatic carbocycles. The average Bonchev–Trinajstić information content (AvgIpc) is 2.93. The van der Waals surface area contributed by atoms with Gasteiger partial charge in [-0.15, -0.1) is 0 Å². The van der Waals surface area contributed by atoms with Crippen LogP contribution in [0.1, 0.15) is 37.7 Å². The molecule has 0 aliphatic rings. The van der Waals surface area contributed by atoms with Crippen LogP contribution in [0.15, 0.2) is 45.9 Å². The molecule has 0 spiro atoms. The summed E-state index contributed by atoms with van der Waals surface area (Å²) in [6.45, 7) is 5.77. The number of nitrogens with zero attached hydrogens (tertiary/aromatic N) is 2. The molecule has 0 bridgehead atoms. The van der Waals surface area contributed by atoms with Gasteiger partial charge in [-0.2, -0.15) is 13.2 Å². The minimum Gasteiger partial charge on any atom is -0.338 e. The SMILES string of the molecule is CC(C)(C)c1cc2cc(S(C)(=O)=O)ccc2n1Cc1ncc(Br)cc1C(F)(F)F. The van der Waals surface area contributed by atoms with Gasteiger partial charge in [-0.05, 0) is 46.3 Å². The Labute approximate surface area is 175 Å². The second-order valence-corrected chi connectivity index (χ2v) is 10.9. The molecule has 0 saturated carbocycles. The number of rotatable bonds is 3. The molecule has 2 heterocycles. The van der Waals surface area contributed by atoms with Gasteiger partial charge in [0.05, 0.1) is 22.7 Å². The zero-order valence-corrected chi connectivity index (χ0v) is 18.7. The molecule has 0 amide bonds. The summed E-state index contributed by atoms with van der Waals surface area (Å²) in [5.74, 6) is 0. The van der Waals surface area contributed by atoms with E-state index in [1.54, 1.807) is 16.7 Å². The van der Waals surface area contributed by atoms with Crippen molar-refractivity contribution in [1.29, 1.82) is 0 Å². The first kappa shape index (κ1) is 21.8. The first-order chi connectivity index (χ1) is 13.2. The van der Waals surface area contributed by atoms with Gasteiger partial charge in [-0.25, -0.2) is 8.42 Å². The van der Waals surface area contributed by atoms with Crippen molar-refractivity contribution in [2.45, 2.75) is 43.8 Å². The molecule has 3 rings (SSSR count). The van der Waals surface area contributed by atoms with E-state index in [0.717, 1.165) is 18.0 Å². The van der Waals surface area contributed by atoms with Crippen molar-refractivity contribution < 1.29 is 21.6 Å². The van der Waals surface area contributed by atoms with Crippen LogP contribution in [0, 0.1) is 0 Å². The van der Waals surface area contributed by atoms with E-state index in [1.807, 2.05) is 26.8 Å². The zero-order valence-electron chi connectivity index (χ0n) is 16.3. The van der Waals surface area contributed by atoms with Gasteiger partial charge in [0, 0.05) is 38.9 Å². The molecule has 0 atom stereocenters. The minimum atomic E-state index is -4.54. The lowest BCUT2D eigenvalue weighted by Gasteiger charge is -2.23. The molecule has 0 fully saturated rings. The highest BCUT2D eigenvalue weighted by molar-refractivity contribution is 9.10. The van der Waals surface area contributed by atoms with Gasteiger partial charge in [0.1, 0.15) is 0 Å². The molecule has 0 N–H and O–H groups in total. The molecule has 0 aliphatic heterocycles. The summed E-state index contributed by atoms with van der Waals surface area (Å²) in [6, 6.07) is 7.51. The highest BCUT2D eigenvalue weighted by Gasteiger charge is 2.35. The summed E-state index contributed by atoms with van der Waals surface area (Å²) in [6.07, 6.45) is -2.08. The summed E-state index contributed by atoms with van der Waals surface area (Å²) in [5, 5.41) is 0.656. The molecule has 29 heavy (non-hydrogen) atoms. The van der Waals surface area contributed by atoms with Crippen molar-refractivity contribution in [1.82, 2.24) is 9.55 Å². The van der Waals surface area contributed by atoms with E-state index >= 15 is 0 Å². The van der Waals surface area contributed by atoms with Gasteiger partial charge in [0.25, 0.3) is 0 Å². The molecular weight excluding hydrogens is 469 g/mol. The third kappa shape index (κ3) is 4.50. The lowest BCUT2D eigenvalue weighted by molar-refractivity contribution is -0.138. The van der Waals surface area contributed by atoms with Crippen LogP contribution in [-0.2, 0) is 28.0 Å². The van der Waals surface area contributed by atoms with Gasteiger partial charge in [0.15, 0.2) is 9.84 Å². The lowest BCUT2D eigenvalue weighted by Crippen LogP contribution is -2.20. The molecule has 0 saturated heterocycles. The van der Waals surface area contributed by atoms with Gasteiger partial charge in [-0.3, -0.25) is 4.98 Å². The Morgan fingerprint density at radius 3 is 2.31 bits per heavy atom. The summed E-state index contributed by atoms with van der Waals surface area (Å²) in [7, 11) is -3.40. The summed E-state index contributed by atoms with van der Waals surface area (Å²) < 4.78 is 66.5. The van der Waals surface area contributed by atoms with E-state index in [0.29, 0.717) is 10.9 Å². The van der Waals surface area contributed by atoms with Crippen molar-refractivity contribution in [3.8, 4) is 0 Å². The molecule has 2 aromatic heterocycles. The fourth-order valence-electron chi connectivity index (χ4n) is 3.26. The van der Waals surface area contributed by atoms with Crippen LogP contribution in [0.5, 0.6) is 0 Å². The van der Waals surface area contributed by atoms with Gasteiger partial charge in [0.2, 0.25) is 0 Å². The van der Waals surface area contributed by atoms with Gasteiger partial charge >= 0.3 is 6.18 Å². The number of hydrogen-bond donors (Lipinski definition) is 0. The predicted octanol–water partition coefficient (Wildman–Crippen LogP) is 5.57.